The minimum atomic E-state index is -0.601. The van der Waals surface area contributed by atoms with Crippen LogP contribution in [0.1, 0.15) is 22.8 Å². The molecule has 0 aliphatic heterocycles. The van der Waals surface area contributed by atoms with Gasteiger partial charge in [-0.2, -0.15) is 5.26 Å². The number of thiophene rings is 1. The Hall–Kier alpha value is -3.40. The number of carbonyl (C=O) groups excluding carboxylic acids is 2. The van der Waals surface area contributed by atoms with Gasteiger partial charge in [0.1, 0.15) is 22.2 Å². The molecule has 0 aliphatic carbocycles. The first-order valence-electron chi connectivity index (χ1n) is 9.06. The number of benzene rings is 2. The van der Waals surface area contributed by atoms with Crippen molar-refractivity contribution in [3.63, 3.8) is 0 Å². The van der Waals surface area contributed by atoms with Crippen LogP contribution < -0.4 is 5.32 Å². The molecule has 1 aromatic heterocycles. The van der Waals surface area contributed by atoms with Gasteiger partial charge in [0.15, 0.2) is 0 Å². The molecule has 0 saturated carbocycles. The number of carbonyl (C=O) groups is 2. The Morgan fingerprint density at radius 3 is 2.50 bits per heavy atom. The molecule has 0 spiro atoms. The van der Waals surface area contributed by atoms with Crippen molar-refractivity contribution in [3.05, 3.63) is 81.7 Å². The first kappa shape index (κ1) is 21.3. The molecule has 0 unspecified atom stereocenters. The van der Waals surface area contributed by atoms with Crippen molar-refractivity contribution in [2.75, 3.05) is 11.9 Å². The summed E-state index contributed by atoms with van der Waals surface area (Å²) in [6, 6.07) is 18.0. The van der Waals surface area contributed by atoms with E-state index in [0.29, 0.717) is 15.6 Å². The molecule has 0 saturated heterocycles. The van der Waals surface area contributed by atoms with Crippen molar-refractivity contribution in [2.24, 2.45) is 0 Å². The molecule has 2 aromatic carbocycles. The Labute approximate surface area is 183 Å². The Morgan fingerprint density at radius 2 is 1.87 bits per heavy atom. The molecule has 0 atom stereocenters. The van der Waals surface area contributed by atoms with Crippen molar-refractivity contribution in [2.45, 2.75) is 6.92 Å². The fraction of sp³-hybridized carbons (Fsp3) is 0.0870. The predicted octanol–water partition coefficient (Wildman–Crippen LogP) is 5.79. The van der Waals surface area contributed by atoms with Crippen LogP contribution in [-0.2, 0) is 9.53 Å². The van der Waals surface area contributed by atoms with E-state index >= 15 is 0 Å². The topological polar surface area (TPSA) is 79.2 Å². The van der Waals surface area contributed by atoms with Crippen molar-refractivity contribution < 1.29 is 14.3 Å². The van der Waals surface area contributed by atoms with Gasteiger partial charge in [0.25, 0.3) is 5.91 Å². The quantitative estimate of drug-likeness (QED) is 0.301. The zero-order chi connectivity index (χ0) is 21.5. The second kappa shape index (κ2) is 9.88. The maximum Gasteiger partial charge on any atom is 0.341 e. The molecule has 5 nitrogen and oxygen atoms in total. The summed E-state index contributed by atoms with van der Waals surface area (Å²) < 4.78 is 5.19. The van der Waals surface area contributed by atoms with Gasteiger partial charge in [-0.1, -0.05) is 54.1 Å². The van der Waals surface area contributed by atoms with E-state index in [4.69, 9.17) is 16.3 Å². The van der Waals surface area contributed by atoms with E-state index < -0.39 is 11.9 Å². The molecule has 0 fully saturated rings. The number of hydrogen-bond acceptors (Lipinski definition) is 5. The number of anilines is 1. The van der Waals surface area contributed by atoms with E-state index in [9.17, 15) is 14.9 Å². The predicted molar refractivity (Wildman–Crippen MR) is 119 cm³/mol. The number of nitrogens with one attached hydrogen (secondary N) is 1. The van der Waals surface area contributed by atoms with Gasteiger partial charge in [0.05, 0.1) is 6.61 Å². The van der Waals surface area contributed by atoms with Gasteiger partial charge < -0.3 is 10.1 Å². The van der Waals surface area contributed by atoms with Gasteiger partial charge in [-0.3, -0.25) is 4.79 Å². The van der Waals surface area contributed by atoms with Crippen LogP contribution in [0, 0.1) is 11.3 Å². The maximum absolute atomic E-state index is 12.7. The molecule has 0 aliphatic rings. The zero-order valence-electron chi connectivity index (χ0n) is 16.0. The third-order valence-corrected chi connectivity index (χ3v) is 5.28. The number of esters is 1. The molecule has 0 bridgehead atoms. The zero-order valence-corrected chi connectivity index (χ0v) is 17.6. The van der Waals surface area contributed by atoms with Gasteiger partial charge in [0.2, 0.25) is 0 Å². The number of nitriles is 1. The summed E-state index contributed by atoms with van der Waals surface area (Å²) in [7, 11) is 0. The number of rotatable bonds is 6. The highest BCUT2D eigenvalue weighted by atomic mass is 35.5. The molecule has 1 N–H and O–H groups in total. The highest BCUT2D eigenvalue weighted by molar-refractivity contribution is 7.15. The van der Waals surface area contributed by atoms with Gasteiger partial charge in [-0.25, -0.2) is 4.79 Å². The first-order chi connectivity index (χ1) is 14.5. The third-order valence-electron chi connectivity index (χ3n) is 4.13. The molecular weight excluding hydrogens is 420 g/mol. The lowest BCUT2D eigenvalue weighted by Crippen LogP contribution is -2.16. The molecule has 1 heterocycles. The second-order valence-electron chi connectivity index (χ2n) is 6.12. The van der Waals surface area contributed by atoms with Crippen LogP contribution >= 0.6 is 22.9 Å². The molecule has 3 rings (SSSR count). The minimum absolute atomic E-state index is 0.0718. The molecule has 3 aromatic rings. The number of ether oxygens (including phenoxy) is 1. The van der Waals surface area contributed by atoms with Gasteiger partial charge in [-0.05, 0) is 36.3 Å². The van der Waals surface area contributed by atoms with Crippen molar-refractivity contribution >= 4 is 45.9 Å². The van der Waals surface area contributed by atoms with Crippen LogP contribution in [0.3, 0.4) is 0 Å². The highest BCUT2D eigenvalue weighted by Gasteiger charge is 2.23. The van der Waals surface area contributed by atoms with Crippen LogP contribution in [0.4, 0.5) is 5.00 Å². The van der Waals surface area contributed by atoms with E-state index in [2.05, 4.69) is 5.32 Å². The van der Waals surface area contributed by atoms with Crippen LogP contribution in [-0.4, -0.2) is 18.5 Å². The SMILES string of the molecule is CCOC(=O)c1c(-c2ccc(Cl)cc2)csc1NC(=O)/C(C#N)=C/c1ccccc1. The van der Waals surface area contributed by atoms with Crippen molar-refractivity contribution in [1.29, 1.82) is 5.26 Å². The van der Waals surface area contributed by atoms with E-state index in [1.807, 2.05) is 24.3 Å². The number of amides is 1. The highest BCUT2D eigenvalue weighted by Crippen LogP contribution is 2.37. The molecule has 30 heavy (non-hydrogen) atoms. The average molecular weight is 437 g/mol. The van der Waals surface area contributed by atoms with Gasteiger partial charge in [0, 0.05) is 16.0 Å². The smallest absolute Gasteiger partial charge is 0.341 e. The fourth-order valence-electron chi connectivity index (χ4n) is 2.73. The van der Waals surface area contributed by atoms with Gasteiger partial charge >= 0.3 is 5.97 Å². The summed E-state index contributed by atoms with van der Waals surface area (Å²) in [5.41, 5.74) is 2.28. The Balaban J connectivity index is 1.96. The lowest BCUT2D eigenvalue weighted by molar-refractivity contribution is -0.112. The van der Waals surface area contributed by atoms with Crippen molar-refractivity contribution in [3.8, 4) is 17.2 Å². The summed E-state index contributed by atoms with van der Waals surface area (Å²) in [5.74, 6) is -1.15. The molecule has 150 valence electrons. The van der Waals surface area contributed by atoms with Crippen LogP contribution in [0.5, 0.6) is 0 Å². The number of halogens is 1. The maximum atomic E-state index is 12.7. The van der Waals surface area contributed by atoms with Gasteiger partial charge in [-0.15, -0.1) is 11.3 Å². The van der Waals surface area contributed by atoms with Crippen LogP contribution in [0.2, 0.25) is 5.02 Å². The van der Waals surface area contributed by atoms with E-state index in [1.165, 1.54) is 17.4 Å². The standard InChI is InChI=1S/C23H17ClN2O3S/c1-2-29-23(28)20-19(16-8-10-18(24)11-9-16)14-30-22(20)26-21(27)17(13-25)12-15-6-4-3-5-7-15/h3-12,14H,2H2,1H3,(H,26,27)/b17-12+. The number of hydrogen-bond donors (Lipinski definition) is 1. The first-order valence-corrected chi connectivity index (χ1v) is 10.3. The Bertz CT molecular complexity index is 1130. The summed E-state index contributed by atoms with van der Waals surface area (Å²) in [5, 5.41) is 14.8. The third kappa shape index (κ3) is 4.95. The minimum Gasteiger partial charge on any atom is -0.462 e. The molecule has 1 amide bonds. The lowest BCUT2D eigenvalue weighted by Gasteiger charge is -2.09. The average Bonchev–Trinajstić information content (AvgIpc) is 3.17. The summed E-state index contributed by atoms with van der Waals surface area (Å²) in [6.45, 7) is 1.90. The number of nitrogens with zero attached hydrogens (tertiary/aromatic N) is 1. The second-order valence-corrected chi connectivity index (χ2v) is 7.43. The Kier molecular flexibility index (Phi) is 7.02. The van der Waals surface area contributed by atoms with Crippen molar-refractivity contribution in [1.82, 2.24) is 0 Å². The summed E-state index contributed by atoms with van der Waals surface area (Å²) in [4.78, 5) is 25.3. The lowest BCUT2D eigenvalue weighted by atomic mass is 10.0. The van der Waals surface area contributed by atoms with E-state index in [-0.39, 0.29) is 17.7 Å². The van der Waals surface area contributed by atoms with Crippen LogP contribution in [0.25, 0.3) is 17.2 Å². The largest absolute Gasteiger partial charge is 0.462 e. The molecule has 7 heteroatoms. The summed E-state index contributed by atoms with van der Waals surface area (Å²) in [6.07, 6.45) is 1.49. The van der Waals surface area contributed by atoms with E-state index in [0.717, 1.165) is 11.1 Å². The Morgan fingerprint density at radius 1 is 1.17 bits per heavy atom. The summed E-state index contributed by atoms with van der Waals surface area (Å²) >= 11 is 7.15. The monoisotopic (exact) mass is 436 g/mol. The normalized spacial score (nSPS) is 10.9. The fourth-order valence-corrected chi connectivity index (χ4v) is 3.81. The molecular formula is C23H17ClN2O3S. The van der Waals surface area contributed by atoms with Crippen LogP contribution in [0.15, 0.2) is 65.6 Å². The van der Waals surface area contributed by atoms with E-state index in [1.54, 1.807) is 48.7 Å². The molecule has 0 radical (unpaired) electrons.